The zero-order chi connectivity index (χ0) is 22.2. The van der Waals surface area contributed by atoms with E-state index >= 15 is 0 Å². The SMILES string of the molecule is CCCCCCCc1nn(CC)c(=O)n1Cc1ccc(-c2ccccc2C(=O)O)cc1. The van der Waals surface area contributed by atoms with Gasteiger partial charge in [0.2, 0.25) is 0 Å². The summed E-state index contributed by atoms with van der Waals surface area (Å²) in [5.74, 6) is -0.106. The van der Waals surface area contributed by atoms with Crippen LogP contribution in [0.5, 0.6) is 0 Å². The number of unbranched alkanes of at least 4 members (excludes halogenated alkanes) is 4. The molecule has 0 saturated carbocycles. The molecule has 0 unspecified atom stereocenters. The molecule has 0 spiro atoms. The lowest BCUT2D eigenvalue weighted by molar-refractivity contribution is 0.0697. The Morgan fingerprint density at radius 1 is 0.968 bits per heavy atom. The Morgan fingerprint density at radius 2 is 1.68 bits per heavy atom. The highest BCUT2D eigenvalue weighted by atomic mass is 16.4. The summed E-state index contributed by atoms with van der Waals surface area (Å²) in [6.07, 6.45) is 6.66. The fourth-order valence-corrected chi connectivity index (χ4v) is 3.82. The summed E-state index contributed by atoms with van der Waals surface area (Å²) in [5.41, 5.74) is 2.72. The molecule has 1 heterocycles. The standard InChI is InChI=1S/C25H31N3O3/c1-3-5-6-7-8-13-23-26-28(4-2)25(31)27(23)18-19-14-16-20(17-15-19)21-11-9-10-12-22(21)24(29)30/h9-12,14-17H,3-8,13,18H2,1-2H3,(H,29,30). The summed E-state index contributed by atoms with van der Waals surface area (Å²) in [5, 5.41) is 14.0. The molecule has 6 nitrogen and oxygen atoms in total. The Balaban J connectivity index is 1.79. The molecule has 0 aliphatic heterocycles. The number of carboxylic acid groups (broad SMARTS) is 1. The van der Waals surface area contributed by atoms with E-state index < -0.39 is 5.97 Å². The van der Waals surface area contributed by atoms with Crippen molar-refractivity contribution in [3.05, 3.63) is 76.0 Å². The van der Waals surface area contributed by atoms with Crippen LogP contribution in [0.2, 0.25) is 0 Å². The van der Waals surface area contributed by atoms with Crippen LogP contribution in [0.25, 0.3) is 11.1 Å². The normalized spacial score (nSPS) is 11.0. The van der Waals surface area contributed by atoms with Gasteiger partial charge in [-0.3, -0.25) is 4.57 Å². The number of hydrogen-bond acceptors (Lipinski definition) is 3. The van der Waals surface area contributed by atoms with Gasteiger partial charge in [0.1, 0.15) is 5.82 Å². The van der Waals surface area contributed by atoms with E-state index in [4.69, 9.17) is 0 Å². The van der Waals surface area contributed by atoms with Gasteiger partial charge in [0.25, 0.3) is 0 Å². The maximum atomic E-state index is 12.8. The Bertz CT molecular complexity index is 1060. The molecule has 1 N–H and O–H groups in total. The van der Waals surface area contributed by atoms with E-state index in [2.05, 4.69) is 12.0 Å². The van der Waals surface area contributed by atoms with Gasteiger partial charge < -0.3 is 5.11 Å². The maximum absolute atomic E-state index is 12.8. The maximum Gasteiger partial charge on any atom is 0.346 e. The van der Waals surface area contributed by atoms with Crippen molar-refractivity contribution in [2.24, 2.45) is 0 Å². The Morgan fingerprint density at radius 3 is 2.35 bits per heavy atom. The average Bonchev–Trinajstić information content (AvgIpc) is 3.08. The molecule has 1 aromatic heterocycles. The molecule has 6 heteroatoms. The lowest BCUT2D eigenvalue weighted by Crippen LogP contribution is -2.25. The fraction of sp³-hybridized carbons (Fsp3) is 0.400. The highest BCUT2D eigenvalue weighted by Crippen LogP contribution is 2.24. The molecular weight excluding hydrogens is 390 g/mol. The Kier molecular flexibility index (Phi) is 7.82. The van der Waals surface area contributed by atoms with Gasteiger partial charge in [-0.15, -0.1) is 0 Å². The van der Waals surface area contributed by atoms with Crippen LogP contribution < -0.4 is 5.69 Å². The molecule has 0 amide bonds. The zero-order valence-corrected chi connectivity index (χ0v) is 18.4. The summed E-state index contributed by atoms with van der Waals surface area (Å²) in [6.45, 7) is 5.15. The summed E-state index contributed by atoms with van der Waals surface area (Å²) in [6, 6.07) is 14.7. The molecule has 164 valence electrons. The van der Waals surface area contributed by atoms with Crippen molar-refractivity contribution in [1.82, 2.24) is 14.3 Å². The van der Waals surface area contributed by atoms with Crippen molar-refractivity contribution in [1.29, 1.82) is 0 Å². The second kappa shape index (κ2) is 10.8. The first kappa shape index (κ1) is 22.5. The van der Waals surface area contributed by atoms with Crippen LogP contribution in [0.4, 0.5) is 0 Å². The topological polar surface area (TPSA) is 77.1 Å². The van der Waals surface area contributed by atoms with Gasteiger partial charge >= 0.3 is 11.7 Å². The third kappa shape index (κ3) is 5.51. The van der Waals surface area contributed by atoms with Gasteiger partial charge in [-0.2, -0.15) is 5.10 Å². The van der Waals surface area contributed by atoms with Crippen LogP contribution in [0, 0.1) is 0 Å². The number of hydrogen-bond donors (Lipinski definition) is 1. The van der Waals surface area contributed by atoms with Gasteiger partial charge in [-0.1, -0.05) is 75.1 Å². The van der Waals surface area contributed by atoms with Gasteiger partial charge in [0, 0.05) is 13.0 Å². The van der Waals surface area contributed by atoms with E-state index in [1.165, 1.54) is 23.9 Å². The van der Waals surface area contributed by atoms with Gasteiger partial charge in [0.05, 0.1) is 12.1 Å². The number of aromatic nitrogens is 3. The number of aryl methyl sites for hydroxylation is 2. The molecule has 3 rings (SSSR count). The van der Waals surface area contributed by atoms with Gasteiger partial charge in [0.15, 0.2) is 0 Å². The minimum atomic E-state index is -0.943. The van der Waals surface area contributed by atoms with Crippen molar-refractivity contribution in [3.63, 3.8) is 0 Å². The first-order chi connectivity index (χ1) is 15.0. The van der Waals surface area contributed by atoms with Crippen LogP contribution >= 0.6 is 0 Å². The molecular formula is C25H31N3O3. The molecule has 31 heavy (non-hydrogen) atoms. The molecule has 0 aliphatic carbocycles. The smallest absolute Gasteiger partial charge is 0.346 e. The second-order valence-electron chi connectivity index (χ2n) is 7.81. The van der Waals surface area contributed by atoms with Crippen molar-refractivity contribution < 1.29 is 9.90 Å². The largest absolute Gasteiger partial charge is 0.478 e. The number of aromatic carboxylic acids is 1. The summed E-state index contributed by atoms with van der Waals surface area (Å²) in [7, 11) is 0. The van der Waals surface area contributed by atoms with Gasteiger partial charge in [-0.05, 0) is 36.1 Å². The molecule has 2 aromatic carbocycles. The predicted molar refractivity (Wildman–Crippen MR) is 123 cm³/mol. The van der Waals surface area contributed by atoms with E-state index in [1.54, 1.807) is 16.7 Å². The van der Waals surface area contributed by atoms with E-state index in [-0.39, 0.29) is 11.3 Å². The predicted octanol–water partition coefficient (Wildman–Crippen LogP) is 4.99. The van der Waals surface area contributed by atoms with Crippen molar-refractivity contribution in [3.8, 4) is 11.1 Å². The molecule has 0 atom stereocenters. The lowest BCUT2D eigenvalue weighted by atomic mass is 9.99. The molecule has 0 radical (unpaired) electrons. The highest BCUT2D eigenvalue weighted by Gasteiger charge is 2.14. The second-order valence-corrected chi connectivity index (χ2v) is 7.81. The Hall–Kier alpha value is -3.15. The highest BCUT2D eigenvalue weighted by molar-refractivity contribution is 5.95. The third-order valence-electron chi connectivity index (χ3n) is 5.57. The fourth-order valence-electron chi connectivity index (χ4n) is 3.82. The quantitative estimate of drug-likeness (QED) is 0.443. The van der Waals surface area contributed by atoms with E-state index in [1.807, 2.05) is 43.3 Å². The minimum absolute atomic E-state index is 0.0774. The number of carbonyl (C=O) groups is 1. The van der Waals surface area contributed by atoms with E-state index in [9.17, 15) is 14.7 Å². The summed E-state index contributed by atoms with van der Waals surface area (Å²) < 4.78 is 3.29. The van der Waals surface area contributed by atoms with Crippen molar-refractivity contribution in [2.75, 3.05) is 0 Å². The molecule has 0 fully saturated rings. The summed E-state index contributed by atoms with van der Waals surface area (Å²) in [4.78, 5) is 24.3. The minimum Gasteiger partial charge on any atom is -0.478 e. The molecule has 0 aliphatic rings. The van der Waals surface area contributed by atoms with E-state index in [0.717, 1.165) is 36.2 Å². The third-order valence-corrected chi connectivity index (χ3v) is 5.57. The van der Waals surface area contributed by atoms with Crippen molar-refractivity contribution >= 4 is 5.97 Å². The zero-order valence-electron chi connectivity index (χ0n) is 18.4. The first-order valence-electron chi connectivity index (χ1n) is 11.1. The van der Waals surface area contributed by atoms with Gasteiger partial charge in [-0.25, -0.2) is 14.3 Å². The van der Waals surface area contributed by atoms with Crippen LogP contribution in [-0.2, 0) is 19.5 Å². The Labute approximate surface area is 183 Å². The molecule has 0 bridgehead atoms. The van der Waals surface area contributed by atoms with Crippen LogP contribution in [0.1, 0.15) is 67.7 Å². The number of rotatable bonds is 11. The van der Waals surface area contributed by atoms with Crippen LogP contribution in [0.3, 0.4) is 0 Å². The number of carboxylic acids is 1. The van der Waals surface area contributed by atoms with Crippen LogP contribution in [-0.4, -0.2) is 25.4 Å². The number of benzene rings is 2. The lowest BCUT2D eigenvalue weighted by Gasteiger charge is -2.09. The summed E-state index contributed by atoms with van der Waals surface area (Å²) >= 11 is 0. The molecule has 0 saturated heterocycles. The number of nitrogens with zero attached hydrogens (tertiary/aromatic N) is 3. The van der Waals surface area contributed by atoms with E-state index in [0.29, 0.717) is 18.7 Å². The van der Waals surface area contributed by atoms with Crippen LogP contribution in [0.15, 0.2) is 53.3 Å². The monoisotopic (exact) mass is 421 g/mol. The first-order valence-corrected chi connectivity index (χ1v) is 11.1. The molecule has 3 aromatic rings. The average molecular weight is 422 g/mol. The van der Waals surface area contributed by atoms with Crippen molar-refractivity contribution in [2.45, 2.75) is 65.5 Å².